The predicted molar refractivity (Wildman–Crippen MR) is 69.9 cm³/mol. The van der Waals surface area contributed by atoms with E-state index in [0.29, 0.717) is 5.41 Å². The molecule has 2 rings (SSSR count). The van der Waals surface area contributed by atoms with Gasteiger partial charge in [-0.05, 0) is 29.8 Å². The molecule has 0 N–H and O–H groups in total. The van der Waals surface area contributed by atoms with Crippen LogP contribution in [0.4, 0.5) is 0 Å². The lowest BCUT2D eigenvalue weighted by atomic mass is 9.77. The number of hydrogen-bond donors (Lipinski definition) is 0. The Kier molecular flexibility index (Phi) is 4.46. The van der Waals surface area contributed by atoms with Crippen molar-refractivity contribution in [3.63, 3.8) is 0 Å². The lowest BCUT2D eigenvalue weighted by molar-refractivity contribution is 0.260. The summed E-state index contributed by atoms with van der Waals surface area (Å²) in [4.78, 5) is 4.22. The van der Waals surface area contributed by atoms with Gasteiger partial charge in [0.15, 0.2) is 4.34 Å². The molecule has 1 aromatic rings. The van der Waals surface area contributed by atoms with Crippen molar-refractivity contribution in [3.05, 3.63) is 6.33 Å². The summed E-state index contributed by atoms with van der Waals surface area (Å²) in [6.45, 7) is 0. The molecule has 1 fully saturated rings. The van der Waals surface area contributed by atoms with Crippen LogP contribution < -0.4 is 0 Å². The minimum atomic E-state index is 0.509. The second-order valence-electron chi connectivity index (χ2n) is 4.19. The fourth-order valence-electron chi connectivity index (χ4n) is 2.06. The van der Waals surface area contributed by atoms with Crippen LogP contribution in [0.2, 0.25) is 0 Å². The van der Waals surface area contributed by atoms with Crippen molar-refractivity contribution >= 4 is 39.2 Å². The normalized spacial score (nSPS) is 20.3. The van der Waals surface area contributed by atoms with Crippen LogP contribution in [0.1, 0.15) is 32.1 Å². The van der Waals surface area contributed by atoms with E-state index in [9.17, 15) is 0 Å². The van der Waals surface area contributed by atoms with E-state index in [-0.39, 0.29) is 0 Å². The maximum absolute atomic E-state index is 4.22. The maximum atomic E-state index is 4.22. The van der Waals surface area contributed by atoms with E-state index in [1.165, 1.54) is 49.4 Å². The Morgan fingerprint density at radius 1 is 1.40 bits per heavy atom. The van der Waals surface area contributed by atoms with Gasteiger partial charge in [-0.25, -0.2) is 4.98 Å². The van der Waals surface area contributed by atoms with Crippen LogP contribution in [-0.2, 0) is 0 Å². The Morgan fingerprint density at radius 2 is 2.20 bits per heavy atom. The highest BCUT2D eigenvalue weighted by molar-refractivity contribution is 9.09. The van der Waals surface area contributed by atoms with Gasteiger partial charge in [-0.2, -0.15) is 4.37 Å². The van der Waals surface area contributed by atoms with Crippen LogP contribution in [0, 0.1) is 5.41 Å². The summed E-state index contributed by atoms with van der Waals surface area (Å²) in [6.07, 6.45) is 8.57. The molecule has 0 spiro atoms. The highest BCUT2D eigenvalue weighted by Crippen LogP contribution is 2.41. The highest BCUT2D eigenvalue weighted by atomic mass is 79.9. The van der Waals surface area contributed by atoms with Crippen LogP contribution in [-0.4, -0.2) is 20.4 Å². The quantitative estimate of drug-likeness (QED) is 0.621. The van der Waals surface area contributed by atoms with Crippen LogP contribution in [0.25, 0.3) is 0 Å². The first-order chi connectivity index (χ1) is 7.35. The molecule has 5 heteroatoms. The topological polar surface area (TPSA) is 25.8 Å². The number of hydrogen-bond acceptors (Lipinski definition) is 4. The van der Waals surface area contributed by atoms with Gasteiger partial charge < -0.3 is 0 Å². The first-order valence-electron chi connectivity index (χ1n) is 5.30. The van der Waals surface area contributed by atoms with E-state index in [4.69, 9.17) is 0 Å². The van der Waals surface area contributed by atoms with Gasteiger partial charge in [-0.3, -0.25) is 0 Å². The van der Waals surface area contributed by atoms with Crippen molar-refractivity contribution in [1.29, 1.82) is 0 Å². The maximum Gasteiger partial charge on any atom is 0.169 e. The summed E-state index contributed by atoms with van der Waals surface area (Å²) in [7, 11) is 0. The van der Waals surface area contributed by atoms with Gasteiger partial charge in [0, 0.05) is 11.1 Å². The zero-order chi connectivity index (χ0) is 10.6. The van der Waals surface area contributed by atoms with E-state index in [1.807, 2.05) is 11.8 Å². The summed E-state index contributed by atoms with van der Waals surface area (Å²) in [5.74, 6) is 1.19. The van der Waals surface area contributed by atoms with Crippen molar-refractivity contribution < 1.29 is 0 Å². The molecule has 15 heavy (non-hydrogen) atoms. The van der Waals surface area contributed by atoms with Gasteiger partial charge >= 0.3 is 0 Å². The summed E-state index contributed by atoms with van der Waals surface area (Å²) in [5.41, 5.74) is 0.509. The SMILES string of the molecule is BrCC1(CSc2ncns2)CCCCC1. The molecule has 0 atom stereocenters. The Balaban J connectivity index is 1.89. The smallest absolute Gasteiger partial charge is 0.169 e. The Morgan fingerprint density at radius 3 is 2.80 bits per heavy atom. The summed E-state index contributed by atoms with van der Waals surface area (Å²) in [6, 6.07) is 0. The standard InChI is InChI=1S/C10H15BrN2S2/c11-6-10(4-2-1-3-5-10)7-14-9-12-8-13-15-9/h8H,1-7H2. The van der Waals surface area contributed by atoms with E-state index < -0.39 is 0 Å². The van der Waals surface area contributed by atoms with E-state index in [0.717, 1.165) is 9.67 Å². The summed E-state index contributed by atoms with van der Waals surface area (Å²) in [5, 5.41) is 1.13. The summed E-state index contributed by atoms with van der Waals surface area (Å²) >= 11 is 7.07. The molecular weight excluding hydrogens is 292 g/mol. The zero-order valence-corrected chi connectivity index (χ0v) is 11.8. The Bertz CT molecular complexity index is 284. The van der Waals surface area contributed by atoms with Crippen LogP contribution in [0.5, 0.6) is 0 Å². The van der Waals surface area contributed by atoms with Crippen molar-refractivity contribution in [2.45, 2.75) is 36.4 Å². The molecule has 1 aliphatic carbocycles. The molecule has 2 nitrogen and oxygen atoms in total. The molecule has 1 heterocycles. The van der Waals surface area contributed by atoms with Gasteiger partial charge in [0.05, 0.1) is 0 Å². The van der Waals surface area contributed by atoms with Crippen molar-refractivity contribution in [2.75, 3.05) is 11.1 Å². The molecule has 1 saturated carbocycles. The number of halogens is 1. The predicted octanol–water partition coefficient (Wildman–Crippen LogP) is 3.98. The third-order valence-corrected chi connectivity index (χ3v) is 6.38. The van der Waals surface area contributed by atoms with Crippen molar-refractivity contribution in [1.82, 2.24) is 9.36 Å². The fourth-order valence-corrected chi connectivity index (χ4v) is 4.82. The van der Waals surface area contributed by atoms with Crippen LogP contribution in [0.15, 0.2) is 10.7 Å². The Hall–Kier alpha value is 0.390. The molecule has 0 aromatic carbocycles. The Labute approximate surface area is 108 Å². The minimum Gasteiger partial charge on any atom is -0.216 e. The van der Waals surface area contributed by atoms with Crippen LogP contribution >= 0.6 is 39.2 Å². The highest BCUT2D eigenvalue weighted by Gasteiger charge is 2.31. The van der Waals surface area contributed by atoms with Gasteiger partial charge in [0.25, 0.3) is 0 Å². The van der Waals surface area contributed by atoms with Gasteiger partial charge in [0.2, 0.25) is 0 Å². The first-order valence-corrected chi connectivity index (χ1v) is 8.18. The van der Waals surface area contributed by atoms with Crippen LogP contribution in [0.3, 0.4) is 0 Å². The molecule has 1 aromatic heterocycles. The molecule has 0 aliphatic heterocycles. The largest absolute Gasteiger partial charge is 0.216 e. The average molecular weight is 307 g/mol. The molecule has 1 aliphatic rings. The number of aromatic nitrogens is 2. The monoisotopic (exact) mass is 306 g/mol. The van der Waals surface area contributed by atoms with E-state index >= 15 is 0 Å². The molecule has 0 unspecified atom stereocenters. The average Bonchev–Trinajstić information content (AvgIpc) is 2.81. The second kappa shape index (κ2) is 5.64. The van der Waals surface area contributed by atoms with Gasteiger partial charge in [0.1, 0.15) is 6.33 Å². The lowest BCUT2D eigenvalue weighted by Crippen LogP contribution is -2.28. The molecule has 84 valence electrons. The molecule has 0 saturated heterocycles. The molecular formula is C10H15BrN2S2. The number of thioether (sulfide) groups is 1. The number of rotatable bonds is 4. The minimum absolute atomic E-state index is 0.509. The molecule has 0 radical (unpaired) electrons. The van der Waals surface area contributed by atoms with Crippen molar-refractivity contribution in [2.24, 2.45) is 5.41 Å². The van der Waals surface area contributed by atoms with Crippen molar-refractivity contribution in [3.8, 4) is 0 Å². The number of nitrogens with zero attached hydrogens (tertiary/aromatic N) is 2. The van der Waals surface area contributed by atoms with Gasteiger partial charge in [-0.1, -0.05) is 47.0 Å². The summed E-state index contributed by atoms with van der Waals surface area (Å²) < 4.78 is 5.14. The molecule has 0 bridgehead atoms. The fraction of sp³-hybridized carbons (Fsp3) is 0.800. The number of alkyl halides is 1. The second-order valence-corrected chi connectivity index (χ2v) is 6.75. The van der Waals surface area contributed by atoms with E-state index in [2.05, 4.69) is 25.3 Å². The third kappa shape index (κ3) is 3.17. The zero-order valence-electron chi connectivity index (χ0n) is 8.62. The van der Waals surface area contributed by atoms with Gasteiger partial charge in [-0.15, -0.1) is 0 Å². The first kappa shape index (κ1) is 11.9. The van der Waals surface area contributed by atoms with E-state index in [1.54, 1.807) is 6.33 Å². The molecule has 0 amide bonds. The lowest BCUT2D eigenvalue weighted by Gasteiger charge is -2.35. The third-order valence-electron chi connectivity index (χ3n) is 3.04.